The van der Waals surface area contributed by atoms with Crippen molar-refractivity contribution in [3.05, 3.63) is 41.8 Å². The van der Waals surface area contributed by atoms with Crippen molar-refractivity contribution in [1.29, 1.82) is 0 Å². The maximum absolute atomic E-state index is 12.0. The van der Waals surface area contributed by atoms with Crippen LogP contribution in [0.2, 0.25) is 5.02 Å². The van der Waals surface area contributed by atoms with Crippen LogP contribution in [0.15, 0.2) is 36.8 Å². The maximum atomic E-state index is 12.0. The lowest BCUT2D eigenvalue weighted by molar-refractivity contribution is -0.118. The number of halogens is 1. The van der Waals surface area contributed by atoms with Crippen LogP contribution in [-0.2, 0) is 9.59 Å². The number of anilines is 3. The quantitative estimate of drug-likeness (QED) is 0.178. The molecule has 2 aliphatic rings. The van der Waals surface area contributed by atoms with Gasteiger partial charge in [-0.15, -0.1) is 0 Å². The summed E-state index contributed by atoms with van der Waals surface area (Å²) in [6.45, 7) is 0. The SMILES string of the molecule is Nc1[nH]nc2nc(NC(=O)C3CC3)sc12.O=C(Nc1nc2[nH]nc(-n3cncc3-c3ccccc3Cl)c2s1)C1CC1. The Morgan fingerprint density at radius 3 is 2.32 bits per heavy atom. The van der Waals surface area contributed by atoms with Crippen molar-refractivity contribution in [2.45, 2.75) is 25.7 Å². The van der Waals surface area contributed by atoms with E-state index in [-0.39, 0.29) is 23.7 Å². The number of rotatable bonds is 6. The van der Waals surface area contributed by atoms with Gasteiger partial charge in [0, 0.05) is 22.4 Å². The zero-order valence-electron chi connectivity index (χ0n) is 21.2. The molecule has 2 amide bonds. The first-order valence-electron chi connectivity index (χ1n) is 12.8. The minimum absolute atomic E-state index is 0.0373. The van der Waals surface area contributed by atoms with Crippen LogP contribution in [0.25, 0.3) is 37.8 Å². The van der Waals surface area contributed by atoms with E-state index >= 15 is 0 Å². The number of nitrogens with one attached hydrogen (secondary N) is 4. The second-order valence-corrected chi connectivity index (χ2v) is 12.1. The fraction of sp³-hybridized carbons (Fsp3) is 0.240. The number of thiazole rings is 2. The van der Waals surface area contributed by atoms with Crippen LogP contribution in [0.4, 0.5) is 16.1 Å². The van der Waals surface area contributed by atoms with Gasteiger partial charge in [0.2, 0.25) is 11.8 Å². The van der Waals surface area contributed by atoms with Gasteiger partial charge >= 0.3 is 0 Å². The fourth-order valence-electron chi connectivity index (χ4n) is 4.14. The lowest BCUT2D eigenvalue weighted by Crippen LogP contribution is -2.12. The number of aromatic nitrogens is 8. The molecular formula is C25H22ClN11O2S2. The van der Waals surface area contributed by atoms with Crippen molar-refractivity contribution in [1.82, 2.24) is 39.9 Å². The Balaban J connectivity index is 0.000000156. The first-order chi connectivity index (χ1) is 19.9. The van der Waals surface area contributed by atoms with E-state index in [0.29, 0.717) is 38.2 Å². The van der Waals surface area contributed by atoms with E-state index in [0.717, 1.165) is 46.3 Å². The molecule has 0 atom stereocenters. The highest BCUT2D eigenvalue weighted by Crippen LogP contribution is 2.36. The molecule has 0 radical (unpaired) electrons. The summed E-state index contributed by atoms with van der Waals surface area (Å²) in [5, 5.41) is 21.3. The molecule has 5 heterocycles. The summed E-state index contributed by atoms with van der Waals surface area (Å²) in [5.74, 6) is 1.57. The van der Waals surface area contributed by atoms with Gasteiger partial charge in [-0.2, -0.15) is 15.2 Å². The number of nitrogens with two attached hydrogens (primary N) is 1. The second kappa shape index (κ2) is 10.2. The van der Waals surface area contributed by atoms with Crippen LogP contribution in [0.1, 0.15) is 25.7 Å². The van der Waals surface area contributed by atoms with Crippen LogP contribution in [0.5, 0.6) is 0 Å². The molecule has 2 saturated carbocycles. The number of benzene rings is 1. The van der Waals surface area contributed by atoms with Crippen LogP contribution in [0, 0.1) is 11.8 Å². The number of carbonyl (C=O) groups excluding carboxylic acids is 2. The molecule has 0 spiro atoms. The van der Waals surface area contributed by atoms with E-state index in [2.05, 4.69) is 46.0 Å². The molecule has 16 heteroatoms. The van der Waals surface area contributed by atoms with Crippen molar-refractivity contribution >= 4 is 82.9 Å². The molecule has 1 aromatic carbocycles. The van der Waals surface area contributed by atoms with Gasteiger partial charge in [-0.25, -0.2) is 9.97 Å². The van der Waals surface area contributed by atoms with E-state index in [1.165, 1.54) is 22.7 Å². The zero-order valence-corrected chi connectivity index (χ0v) is 23.6. The Morgan fingerprint density at radius 2 is 1.63 bits per heavy atom. The third-order valence-corrected chi connectivity index (χ3v) is 8.90. The minimum Gasteiger partial charge on any atom is -0.383 e. The standard InChI is InChI=1S/C17H13ClN6OS.C8H9N5OS/c18-11-4-2-1-3-10(11)12-7-19-8-24(12)15-13-14(22-23-15)20-17(26-13)21-16(25)9-5-6-9;9-5-4-6(13-12-5)10-8(15-4)11-7(14)3-1-2-3/h1-4,7-9H,5-6H2,(H2,20,21,22,23,25);3H,1-2H2,(H4,9,10,11,12,13,14). The Morgan fingerprint density at radius 1 is 0.951 bits per heavy atom. The smallest absolute Gasteiger partial charge is 0.229 e. The Kier molecular flexibility index (Phi) is 6.40. The van der Waals surface area contributed by atoms with Crippen LogP contribution in [-0.4, -0.2) is 51.7 Å². The lowest BCUT2D eigenvalue weighted by Gasteiger charge is -2.06. The number of aromatic amines is 2. The highest BCUT2D eigenvalue weighted by Gasteiger charge is 2.31. The van der Waals surface area contributed by atoms with Gasteiger partial charge in [0.15, 0.2) is 27.4 Å². The molecular weight excluding hydrogens is 586 g/mol. The summed E-state index contributed by atoms with van der Waals surface area (Å²) in [6, 6.07) is 7.59. The van der Waals surface area contributed by atoms with E-state index < -0.39 is 0 Å². The van der Waals surface area contributed by atoms with Crippen LogP contribution in [0.3, 0.4) is 0 Å². The third-order valence-electron chi connectivity index (χ3n) is 6.61. The van der Waals surface area contributed by atoms with Crippen LogP contribution >= 0.6 is 34.3 Å². The van der Waals surface area contributed by atoms with E-state index in [1.54, 1.807) is 12.5 Å². The molecule has 2 aliphatic carbocycles. The molecule has 0 aliphatic heterocycles. The highest BCUT2D eigenvalue weighted by molar-refractivity contribution is 7.23. The molecule has 0 bridgehead atoms. The van der Waals surface area contributed by atoms with E-state index in [9.17, 15) is 9.59 Å². The average molecular weight is 608 g/mol. The Labute approximate surface area is 244 Å². The Bertz CT molecular complexity index is 1910. The van der Waals surface area contributed by atoms with Gasteiger partial charge in [0.25, 0.3) is 0 Å². The summed E-state index contributed by atoms with van der Waals surface area (Å²) in [4.78, 5) is 36.2. The van der Waals surface area contributed by atoms with Crippen molar-refractivity contribution in [2.75, 3.05) is 16.4 Å². The van der Waals surface area contributed by atoms with Gasteiger partial charge in [-0.3, -0.25) is 24.4 Å². The Hall–Kier alpha value is -4.34. The number of H-pyrrole nitrogens is 2. The lowest BCUT2D eigenvalue weighted by atomic mass is 10.1. The molecule has 0 saturated heterocycles. The second-order valence-electron chi connectivity index (χ2n) is 9.71. The molecule has 6 aromatic rings. The average Bonchev–Trinajstić information content (AvgIpc) is 3.77. The number of fused-ring (bicyclic) bond motifs is 2. The van der Waals surface area contributed by atoms with E-state index in [4.69, 9.17) is 17.3 Å². The first-order valence-corrected chi connectivity index (χ1v) is 14.8. The molecule has 6 N–H and O–H groups in total. The monoisotopic (exact) mass is 607 g/mol. The predicted molar refractivity (Wildman–Crippen MR) is 158 cm³/mol. The molecule has 41 heavy (non-hydrogen) atoms. The molecule has 8 rings (SSSR count). The molecule has 0 unspecified atom stereocenters. The first kappa shape index (κ1) is 25.6. The molecule has 5 aromatic heterocycles. The number of carbonyl (C=O) groups is 2. The van der Waals surface area contributed by atoms with Crippen molar-refractivity contribution in [3.63, 3.8) is 0 Å². The largest absolute Gasteiger partial charge is 0.383 e. The summed E-state index contributed by atoms with van der Waals surface area (Å²) in [5.41, 5.74) is 8.53. The number of hydrogen-bond donors (Lipinski definition) is 5. The van der Waals surface area contributed by atoms with Crippen molar-refractivity contribution in [3.8, 4) is 17.1 Å². The van der Waals surface area contributed by atoms with Gasteiger partial charge in [0.1, 0.15) is 21.5 Å². The number of hydrogen-bond acceptors (Lipinski definition) is 10. The van der Waals surface area contributed by atoms with Crippen molar-refractivity contribution in [2.24, 2.45) is 11.8 Å². The van der Waals surface area contributed by atoms with Gasteiger partial charge in [-0.05, 0) is 31.7 Å². The maximum Gasteiger partial charge on any atom is 0.229 e. The summed E-state index contributed by atoms with van der Waals surface area (Å²) in [6.07, 6.45) is 7.32. The minimum atomic E-state index is 0.0373. The summed E-state index contributed by atoms with van der Waals surface area (Å²) >= 11 is 9.07. The number of imidazole rings is 1. The normalized spacial score (nSPS) is 14.7. The molecule has 2 fully saturated rings. The van der Waals surface area contributed by atoms with Gasteiger partial charge < -0.3 is 16.4 Å². The van der Waals surface area contributed by atoms with Crippen LogP contribution < -0.4 is 16.4 Å². The fourth-order valence-corrected chi connectivity index (χ4v) is 6.09. The van der Waals surface area contributed by atoms with Gasteiger partial charge in [0.05, 0.1) is 11.9 Å². The predicted octanol–water partition coefficient (Wildman–Crippen LogP) is 4.82. The zero-order chi connectivity index (χ0) is 28.1. The number of nitrogen functional groups attached to an aromatic ring is 1. The topological polar surface area (TPSA) is 185 Å². The highest BCUT2D eigenvalue weighted by atomic mass is 35.5. The van der Waals surface area contributed by atoms with Crippen molar-refractivity contribution < 1.29 is 9.59 Å². The third kappa shape index (κ3) is 5.14. The van der Waals surface area contributed by atoms with Gasteiger partial charge in [-0.1, -0.05) is 52.5 Å². The molecule has 208 valence electrons. The number of nitrogens with zero attached hydrogens (tertiary/aromatic N) is 6. The van der Waals surface area contributed by atoms with E-state index in [1.807, 2.05) is 28.8 Å². The number of amides is 2. The summed E-state index contributed by atoms with van der Waals surface area (Å²) < 4.78 is 3.51. The molecule has 13 nitrogen and oxygen atoms in total. The summed E-state index contributed by atoms with van der Waals surface area (Å²) in [7, 11) is 0.